The van der Waals surface area contributed by atoms with Gasteiger partial charge in [0.1, 0.15) is 17.3 Å². The first-order chi connectivity index (χ1) is 13.6. The second kappa shape index (κ2) is 8.78. The number of carbonyl (C=O) groups excluding carboxylic acids is 1. The Morgan fingerprint density at radius 1 is 1.25 bits per heavy atom. The molecule has 1 aromatic carbocycles. The highest BCUT2D eigenvalue weighted by atomic mass is 16.1. The van der Waals surface area contributed by atoms with E-state index in [0.717, 1.165) is 11.1 Å². The molecule has 28 heavy (non-hydrogen) atoms. The molecule has 0 bridgehead atoms. The molecule has 140 valence electrons. The Morgan fingerprint density at radius 2 is 2.04 bits per heavy atom. The third kappa shape index (κ3) is 4.71. The van der Waals surface area contributed by atoms with Crippen molar-refractivity contribution in [3.05, 3.63) is 77.8 Å². The van der Waals surface area contributed by atoms with Crippen LogP contribution in [0.2, 0.25) is 0 Å². The topological polar surface area (TPSA) is 83.6 Å². The van der Waals surface area contributed by atoms with E-state index in [-0.39, 0.29) is 11.6 Å². The lowest BCUT2D eigenvalue weighted by molar-refractivity contribution is -0.117. The highest BCUT2D eigenvalue weighted by molar-refractivity contribution is 6.02. The fourth-order valence-electron chi connectivity index (χ4n) is 2.77. The molecule has 3 rings (SSSR count). The third-order valence-corrected chi connectivity index (χ3v) is 4.00. The molecule has 0 fully saturated rings. The maximum Gasteiger partial charge on any atom is 0.262 e. The third-order valence-electron chi connectivity index (χ3n) is 4.00. The molecular formula is C22H21N5O. The van der Waals surface area contributed by atoms with Crippen molar-refractivity contribution in [2.24, 2.45) is 0 Å². The number of rotatable bonds is 6. The van der Waals surface area contributed by atoms with Crippen LogP contribution in [0.25, 0.3) is 17.3 Å². The fourth-order valence-corrected chi connectivity index (χ4v) is 2.77. The van der Waals surface area contributed by atoms with Crippen LogP contribution in [0.5, 0.6) is 0 Å². The second-order valence-electron chi connectivity index (χ2n) is 6.66. The average molecular weight is 371 g/mol. The standard InChI is InChI=1S/C22H21N5O/c1-16(2)25-22(28)19(12-23)11-20-15-27(14-17-7-4-3-5-8-17)26-21(20)18-9-6-10-24-13-18/h3-11,13,15-16H,14H2,1-2H3,(H,25,28)/b19-11-. The summed E-state index contributed by atoms with van der Waals surface area (Å²) in [5.74, 6) is -0.398. The minimum absolute atomic E-state index is 0.0399. The Bertz CT molecular complexity index is 1010. The Hall–Kier alpha value is -3.72. The van der Waals surface area contributed by atoms with Crippen molar-refractivity contribution in [3.63, 3.8) is 0 Å². The normalized spacial score (nSPS) is 11.3. The number of carbonyl (C=O) groups is 1. The summed E-state index contributed by atoms with van der Waals surface area (Å²) in [7, 11) is 0. The molecule has 0 aliphatic carbocycles. The Balaban J connectivity index is 2.02. The van der Waals surface area contributed by atoms with Gasteiger partial charge in [-0.15, -0.1) is 0 Å². The molecule has 3 aromatic rings. The van der Waals surface area contributed by atoms with Gasteiger partial charge in [-0.25, -0.2) is 0 Å². The zero-order valence-corrected chi connectivity index (χ0v) is 15.8. The predicted molar refractivity (Wildman–Crippen MR) is 108 cm³/mol. The van der Waals surface area contributed by atoms with Crippen LogP contribution in [0.3, 0.4) is 0 Å². The SMILES string of the molecule is CC(C)NC(=O)/C(C#N)=C\c1cn(Cc2ccccc2)nc1-c1cccnc1. The highest BCUT2D eigenvalue weighted by Gasteiger charge is 2.15. The van der Waals surface area contributed by atoms with Crippen LogP contribution < -0.4 is 5.32 Å². The van der Waals surface area contributed by atoms with E-state index in [1.165, 1.54) is 0 Å². The first-order valence-corrected chi connectivity index (χ1v) is 9.01. The van der Waals surface area contributed by atoms with Crippen LogP contribution in [0, 0.1) is 11.3 Å². The summed E-state index contributed by atoms with van der Waals surface area (Å²) in [5.41, 5.74) is 3.34. The number of amides is 1. The lowest BCUT2D eigenvalue weighted by Crippen LogP contribution is -2.30. The van der Waals surface area contributed by atoms with Crippen LogP contribution in [0.4, 0.5) is 0 Å². The van der Waals surface area contributed by atoms with Crippen LogP contribution in [0.1, 0.15) is 25.0 Å². The number of aromatic nitrogens is 3. The highest BCUT2D eigenvalue weighted by Crippen LogP contribution is 2.24. The van der Waals surface area contributed by atoms with Gasteiger partial charge in [-0.2, -0.15) is 10.4 Å². The van der Waals surface area contributed by atoms with E-state index < -0.39 is 5.91 Å². The summed E-state index contributed by atoms with van der Waals surface area (Å²) in [6.45, 7) is 4.29. The summed E-state index contributed by atoms with van der Waals surface area (Å²) < 4.78 is 1.80. The molecule has 0 aliphatic rings. The van der Waals surface area contributed by atoms with Crippen molar-refractivity contribution in [1.82, 2.24) is 20.1 Å². The van der Waals surface area contributed by atoms with Gasteiger partial charge >= 0.3 is 0 Å². The number of nitrogens with zero attached hydrogens (tertiary/aromatic N) is 4. The molecule has 1 amide bonds. The first kappa shape index (κ1) is 19.1. The predicted octanol–water partition coefficient (Wildman–Crippen LogP) is 3.42. The average Bonchev–Trinajstić information content (AvgIpc) is 3.09. The zero-order chi connectivity index (χ0) is 19.9. The summed E-state index contributed by atoms with van der Waals surface area (Å²) in [4.78, 5) is 16.4. The molecular weight excluding hydrogens is 350 g/mol. The molecule has 0 saturated carbocycles. The van der Waals surface area contributed by atoms with Crippen LogP contribution in [-0.2, 0) is 11.3 Å². The van der Waals surface area contributed by atoms with E-state index in [0.29, 0.717) is 17.8 Å². The molecule has 0 spiro atoms. The largest absolute Gasteiger partial charge is 0.349 e. The Morgan fingerprint density at radius 3 is 2.68 bits per heavy atom. The van der Waals surface area contributed by atoms with Gasteiger partial charge in [0.2, 0.25) is 0 Å². The fraction of sp³-hybridized carbons (Fsp3) is 0.182. The molecule has 0 saturated heterocycles. The lowest BCUT2D eigenvalue weighted by Gasteiger charge is -2.06. The minimum Gasteiger partial charge on any atom is -0.349 e. The van der Waals surface area contributed by atoms with Crippen molar-refractivity contribution in [2.75, 3.05) is 0 Å². The van der Waals surface area contributed by atoms with Gasteiger partial charge in [0, 0.05) is 35.8 Å². The van der Waals surface area contributed by atoms with Crippen molar-refractivity contribution in [2.45, 2.75) is 26.4 Å². The zero-order valence-electron chi connectivity index (χ0n) is 15.8. The van der Waals surface area contributed by atoms with Gasteiger partial charge in [0.05, 0.1) is 6.54 Å². The number of hydrogen-bond donors (Lipinski definition) is 1. The van der Waals surface area contributed by atoms with E-state index in [1.54, 1.807) is 23.2 Å². The number of pyridine rings is 1. The summed E-state index contributed by atoms with van der Waals surface area (Å²) >= 11 is 0. The molecule has 6 heteroatoms. The maximum atomic E-state index is 12.3. The van der Waals surface area contributed by atoms with Gasteiger partial charge in [-0.3, -0.25) is 14.5 Å². The van der Waals surface area contributed by atoms with E-state index in [2.05, 4.69) is 15.4 Å². The van der Waals surface area contributed by atoms with Gasteiger partial charge in [-0.1, -0.05) is 30.3 Å². The monoisotopic (exact) mass is 371 g/mol. The van der Waals surface area contributed by atoms with E-state index >= 15 is 0 Å². The molecule has 0 unspecified atom stereocenters. The van der Waals surface area contributed by atoms with Crippen molar-refractivity contribution >= 4 is 12.0 Å². The van der Waals surface area contributed by atoms with Crippen LogP contribution >= 0.6 is 0 Å². The van der Waals surface area contributed by atoms with E-state index in [9.17, 15) is 10.1 Å². The molecule has 0 radical (unpaired) electrons. The van der Waals surface area contributed by atoms with Crippen molar-refractivity contribution < 1.29 is 4.79 Å². The Kier molecular flexibility index (Phi) is 5.97. The quantitative estimate of drug-likeness (QED) is 0.531. The maximum absolute atomic E-state index is 12.3. The van der Waals surface area contributed by atoms with Gasteiger partial charge in [-0.05, 0) is 37.6 Å². The summed E-state index contributed by atoms with van der Waals surface area (Å²) in [6, 6.07) is 15.6. The number of nitriles is 1. The number of nitrogens with one attached hydrogen (secondary N) is 1. The summed E-state index contributed by atoms with van der Waals surface area (Å²) in [5, 5.41) is 16.9. The van der Waals surface area contributed by atoms with Gasteiger partial charge in [0.15, 0.2) is 0 Å². The molecule has 1 N–H and O–H groups in total. The smallest absolute Gasteiger partial charge is 0.262 e. The lowest BCUT2D eigenvalue weighted by atomic mass is 10.1. The molecule has 6 nitrogen and oxygen atoms in total. The van der Waals surface area contributed by atoms with Crippen molar-refractivity contribution in [3.8, 4) is 17.3 Å². The minimum atomic E-state index is -0.398. The van der Waals surface area contributed by atoms with Gasteiger partial charge < -0.3 is 5.32 Å². The van der Waals surface area contributed by atoms with E-state index in [4.69, 9.17) is 0 Å². The molecule has 2 heterocycles. The second-order valence-corrected chi connectivity index (χ2v) is 6.66. The molecule has 0 aliphatic heterocycles. The molecule has 0 atom stereocenters. The van der Waals surface area contributed by atoms with E-state index in [1.807, 2.05) is 68.6 Å². The number of benzene rings is 1. The number of hydrogen-bond acceptors (Lipinski definition) is 4. The van der Waals surface area contributed by atoms with Crippen LogP contribution in [0.15, 0.2) is 66.6 Å². The van der Waals surface area contributed by atoms with Gasteiger partial charge in [0.25, 0.3) is 5.91 Å². The van der Waals surface area contributed by atoms with Crippen LogP contribution in [-0.4, -0.2) is 26.7 Å². The first-order valence-electron chi connectivity index (χ1n) is 9.01. The molecule has 2 aromatic heterocycles. The van der Waals surface area contributed by atoms with Crippen molar-refractivity contribution in [1.29, 1.82) is 5.26 Å². The summed E-state index contributed by atoms with van der Waals surface area (Å²) in [6.07, 6.45) is 6.83. The Labute approximate surface area is 164 Å².